The molecule has 0 atom stereocenters. The third-order valence-corrected chi connectivity index (χ3v) is 2.44. The Morgan fingerprint density at radius 2 is 2.00 bits per heavy atom. The molecule has 0 aliphatic rings. The lowest BCUT2D eigenvalue weighted by atomic mass is 10.4. The molecule has 2 aromatic heterocycles. The summed E-state index contributed by atoms with van der Waals surface area (Å²) in [5, 5.41) is 5.87. The first-order valence-electron chi connectivity index (χ1n) is 4.03. The molecule has 0 aliphatic carbocycles. The van der Waals surface area contributed by atoms with E-state index >= 15 is 0 Å². The number of aryl methyl sites for hydroxylation is 1. The van der Waals surface area contributed by atoms with Crippen LogP contribution in [0.25, 0.3) is 5.78 Å². The van der Waals surface area contributed by atoms with E-state index in [2.05, 4.69) is 15.2 Å². The summed E-state index contributed by atoms with van der Waals surface area (Å²) in [5.74, 6) is -1.52. The average Bonchev–Trinajstić information content (AvgIpc) is 2.57. The fraction of sp³-hybridized carbons (Fsp3) is 0.286. The Labute approximate surface area is 90.9 Å². The molecule has 0 bridgehead atoms. The molecule has 0 aliphatic heterocycles. The van der Waals surface area contributed by atoms with Gasteiger partial charge in [-0.05, 0) is 6.92 Å². The van der Waals surface area contributed by atoms with Crippen molar-refractivity contribution in [1.29, 1.82) is 0 Å². The number of nitrogens with zero attached hydrogens (tertiary/aromatic N) is 3. The minimum Gasteiger partial charge on any atom is -0.289 e. The first-order chi connectivity index (χ1) is 7.32. The lowest BCUT2D eigenvalue weighted by Crippen LogP contribution is -2.17. The zero-order valence-corrected chi connectivity index (χ0v) is 8.52. The van der Waals surface area contributed by atoms with Gasteiger partial charge in [0.05, 0.1) is 0 Å². The number of rotatable bonds is 0. The molecular weight excluding hydrogens is 249 g/mol. The van der Waals surface area contributed by atoms with Crippen LogP contribution in [0.2, 0.25) is 5.02 Å². The van der Waals surface area contributed by atoms with Crippen molar-refractivity contribution < 1.29 is 13.2 Å². The molecule has 0 aromatic carbocycles. The lowest BCUT2D eigenvalue weighted by molar-refractivity contribution is -0.145. The third kappa shape index (κ3) is 1.45. The molecule has 9 heteroatoms. The van der Waals surface area contributed by atoms with Crippen LogP contribution >= 0.6 is 11.6 Å². The second-order valence-electron chi connectivity index (χ2n) is 3.03. The molecule has 0 unspecified atom stereocenters. The summed E-state index contributed by atoms with van der Waals surface area (Å²) in [7, 11) is 0. The van der Waals surface area contributed by atoms with Crippen molar-refractivity contribution in [1.82, 2.24) is 19.6 Å². The molecule has 5 nitrogen and oxygen atoms in total. The molecule has 2 heterocycles. The van der Waals surface area contributed by atoms with Gasteiger partial charge < -0.3 is 0 Å². The van der Waals surface area contributed by atoms with Crippen LogP contribution in [-0.2, 0) is 6.18 Å². The van der Waals surface area contributed by atoms with Gasteiger partial charge in [0.2, 0.25) is 11.6 Å². The number of hydrogen-bond acceptors (Lipinski definition) is 3. The zero-order chi connectivity index (χ0) is 12.1. The maximum atomic E-state index is 12.5. The van der Waals surface area contributed by atoms with E-state index in [4.69, 9.17) is 11.6 Å². The number of nitrogens with one attached hydrogen (secondary N) is 1. The van der Waals surface area contributed by atoms with E-state index in [0.717, 1.165) is 0 Å². The highest BCUT2D eigenvalue weighted by Crippen LogP contribution is 2.28. The third-order valence-electron chi connectivity index (χ3n) is 1.99. The van der Waals surface area contributed by atoms with Gasteiger partial charge in [-0.3, -0.25) is 14.2 Å². The Morgan fingerprint density at radius 3 is 2.56 bits per heavy atom. The van der Waals surface area contributed by atoms with Crippen LogP contribution < -0.4 is 5.56 Å². The summed E-state index contributed by atoms with van der Waals surface area (Å²) in [4.78, 5) is 13.3. The van der Waals surface area contributed by atoms with Crippen molar-refractivity contribution in [3.8, 4) is 0 Å². The van der Waals surface area contributed by atoms with Gasteiger partial charge >= 0.3 is 6.18 Å². The van der Waals surface area contributed by atoms with E-state index in [1.54, 1.807) is 0 Å². The molecule has 0 fully saturated rings. The molecular formula is C7H4ClF3N4O. The summed E-state index contributed by atoms with van der Waals surface area (Å²) in [5.41, 5.74) is -0.759. The fourth-order valence-electron chi connectivity index (χ4n) is 1.29. The first kappa shape index (κ1) is 10.9. The normalized spacial score (nSPS) is 12.3. The molecule has 86 valence electrons. The lowest BCUT2D eigenvalue weighted by Gasteiger charge is -2.06. The SMILES string of the molecule is Cc1c(Cl)c(=O)[nH]c2nnc(C(F)(F)F)n12. The topological polar surface area (TPSA) is 63.0 Å². The molecule has 16 heavy (non-hydrogen) atoms. The van der Waals surface area contributed by atoms with Gasteiger partial charge in [0.1, 0.15) is 5.02 Å². The van der Waals surface area contributed by atoms with Crippen LogP contribution in [0.1, 0.15) is 11.5 Å². The van der Waals surface area contributed by atoms with Crippen LogP contribution in [0.3, 0.4) is 0 Å². The molecule has 0 spiro atoms. The Morgan fingerprint density at radius 1 is 1.38 bits per heavy atom. The van der Waals surface area contributed by atoms with Crippen molar-refractivity contribution >= 4 is 17.4 Å². The van der Waals surface area contributed by atoms with Gasteiger partial charge in [0.25, 0.3) is 5.56 Å². The summed E-state index contributed by atoms with van der Waals surface area (Å²) in [6.07, 6.45) is -4.66. The van der Waals surface area contributed by atoms with Crippen LogP contribution in [0.4, 0.5) is 13.2 Å². The number of aromatic amines is 1. The number of alkyl halides is 3. The number of halogens is 4. The molecule has 2 aromatic rings. The molecule has 0 radical (unpaired) electrons. The largest absolute Gasteiger partial charge is 0.452 e. The van der Waals surface area contributed by atoms with Crippen molar-refractivity contribution in [3.63, 3.8) is 0 Å². The standard InChI is InChI=1S/C7H4ClF3N4O/c1-2-3(8)4(16)12-6-14-13-5(15(2)6)7(9,10)11/h1H3,(H,12,14,16). The highest BCUT2D eigenvalue weighted by molar-refractivity contribution is 6.31. The van der Waals surface area contributed by atoms with E-state index in [1.165, 1.54) is 6.92 Å². The summed E-state index contributed by atoms with van der Waals surface area (Å²) < 4.78 is 38.2. The first-order valence-corrected chi connectivity index (χ1v) is 4.41. The van der Waals surface area contributed by atoms with Gasteiger partial charge in [-0.15, -0.1) is 10.2 Å². The Kier molecular flexibility index (Phi) is 2.19. The highest BCUT2D eigenvalue weighted by atomic mass is 35.5. The second-order valence-corrected chi connectivity index (χ2v) is 3.41. The molecule has 0 saturated carbocycles. The number of fused-ring (bicyclic) bond motifs is 1. The minimum atomic E-state index is -4.66. The number of H-pyrrole nitrogens is 1. The Hall–Kier alpha value is -1.57. The average molecular weight is 253 g/mol. The van der Waals surface area contributed by atoms with Crippen molar-refractivity contribution in [2.75, 3.05) is 0 Å². The van der Waals surface area contributed by atoms with Crippen LogP contribution in [0.15, 0.2) is 4.79 Å². The monoisotopic (exact) mass is 252 g/mol. The highest BCUT2D eigenvalue weighted by Gasteiger charge is 2.37. The van der Waals surface area contributed by atoms with Gasteiger partial charge in [0.15, 0.2) is 0 Å². The number of hydrogen-bond donors (Lipinski definition) is 1. The fourth-order valence-corrected chi connectivity index (χ4v) is 1.42. The zero-order valence-electron chi connectivity index (χ0n) is 7.76. The van der Waals surface area contributed by atoms with Crippen LogP contribution in [-0.4, -0.2) is 19.6 Å². The molecule has 1 N–H and O–H groups in total. The predicted octanol–water partition coefficient (Wildman–Crippen LogP) is 1.40. The van der Waals surface area contributed by atoms with Crippen molar-refractivity contribution in [3.05, 3.63) is 26.9 Å². The van der Waals surface area contributed by atoms with Gasteiger partial charge in [0, 0.05) is 5.69 Å². The summed E-state index contributed by atoms with van der Waals surface area (Å²) in [6.45, 7) is 1.28. The van der Waals surface area contributed by atoms with Gasteiger partial charge in [-0.25, -0.2) is 0 Å². The second kappa shape index (κ2) is 3.21. The summed E-state index contributed by atoms with van der Waals surface area (Å²) >= 11 is 5.55. The van der Waals surface area contributed by atoms with Crippen LogP contribution in [0.5, 0.6) is 0 Å². The van der Waals surface area contributed by atoms with E-state index in [-0.39, 0.29) is 16.5 Å². The Bertz CT molecular complexity index is 614. The van der Waals surface area contributed by atoms with Gasteiger partial charge in [-0.2, -0.15) is 13.2 Å². The van der Waals surface area contributed by atoms with Gasteiger partial charge in [-0.1, -0.05) is 11.6 Å². The smallest absolute Gasteiger partial charge is 0.289 e. The molecule has 2 rings (SSSR count). The van der Waals surface area contributed by atoms with Crippen molar-refractivity contribution in [2.24, 2.45) is 0 Å². The van der Waals surface area contributed by atoms with E-state index in [0.29, 0.717) is 4.40 Å². The minimum absolute atomic E-state index is 0.0576. The van der Waals surface area contributed by atoms with E-state index < -0.39 is 17.6 Å². The summed E-state index contributed by atoms with van der Waals surface area (Å²) in [6, 6.07) is 0. The predicted molar refractivity (Wildman–Crippen MR) is 48.4 cm³/mol. The van der Waals surface area contributed by atoms with Crippen LogP contribution in [0, 0.1) is 6.92 Å². The van der Waals surface area contributed by atoms with E-state index in [9.17, 15) is 18.0 Å². The maximum absolute atomic E-state index is 12.5. The Balaban J connectivity index is 2.93. The molecule has 0 amide bonds. The quantitative estimate of drug-likeness (QED) is 0.771. The molecule has 0 saturated heterocycles. The van der Waals surface area contributed by atoms with Crippen molar-refractivity contribution in [2.45, 2.75) is 13.1 Å². The number of aromatic nitrogens is 4. The maximum Gasteiger partial charge on any atom is 0.452 e. The van der Waals surface area contributed by atoms with E-state index in [1.807, 2.05) is 0 Å².